The second-order valence-corrected chi connectivity index (χ2v) is 3.47. The fourth-order valence-corrected chi connectivity index (χ4v) is 1.40. The maximum absolute atomic E-state index is 11.5. The summed E-state index contributed by atoms with van der Waals surface area (Å²) in [5.41, 5.74) is 0.425. The number of esters is 1. The van der Waals surface area contributed by atoms with Crippen LogP contribution >= 0.6 is 0 Å². The summed E-state index contributed by atoms with van der Waals surface area (Å²) in [6, 6.07) is 0. The Labute approximate surface area is 82.3 Å². The Hall–Kier alpha value is -1.45. The van der Waals surface area contributed by atoms with E-state index in [2.05, 4.69) is 16.9 Å². The molecule has 0 aromatic carbocycles. The number of carbonyl (C=O) groups is 1. The number of aromatic nitrogens is 2. The van der Waals surface area contributed by atoms with Crippen molar-refractivity contribution in [1.82, 2.24) is 9.97 Å². The maximum Gasteiger partial charge on any atom is 0.341 e. The summed E-state index contributed by atoms with van der Waals surface area (Å²) >= 11 is 0. The number of nitrogens with zero attached hydrogens (tertiary/aromatic N) is 2. The van der Waals surface area contributed by atoms with Gasteiger partial charge in [-0.3, -0.25) is 0 Å². The predicted octanol–water partition coefficient (Wildman–Crippen LogP) is 1.43. The molecule has 1 heterocycles. The lowest BCUT2D eigenvalue weighted by atomic mass is 10.3. The minimum atomic E-state index is -0.313. The Morgan fingerprint density at radius 3 is 2.86 bits per heavy atom. The molecule has 14 heavy (non-hydrogen) atoms. The second-order valence-electron chi connectivity index (χ2n) is 3.47. The van der Waals surface area contributed by atoms with E-state index in [1.54, 1.807) is 0 Å². The van der Waals surface area contributed by atoms with E-state index >= 15 is 0 Å². The molecule has 4 nitrogen and oxygen atoms in total. The average molecular weight is 192 g/mol. The van der Waals surface area contributed by atoms with Crippen LogP contribution in [0.2, 0.25) is 0 Å². The summed E-state index contributed by atoms with van der Waals surface area (Å²) in [5.74, 6) is 0.245. The van der Waals surface area contributed by atoms with Gasteiger partial charge in [-0.05, 0) is 18.8 Å². The van der Waals surface area contributed by atoms with Gasteiger partial charge in [0.25, 0.3) is 0 Å². The second kappa shape index (κ2) is 3.74. The topological polar surface area (TPSA) is 52.1 Å². The van der Waals surface area contributed by atoms with Gasteiger partial charge in [-0.15, -0.1) is 0 Å². The van der Waals surface area contributed by atoms with E-state index in [9.17, 15) is 4.79 Å². The van der Waals surface area contributed by atoms with Gasteiger partial charge in [-0.1, -0.05) is 6.92 Å². The van der Waals surface area contributed by atoms with Crippen molar-refractivity contribution in [2.24, 2.45) is 5.92 Å². The lowest BCUT2D eigenvalue weighted by Crippen LogP contribution is -2.08. The van der Waals surface area contributed by atoms with Crippen LogP contribution in [-0.2, 0) is 4.74 Å². The van der Waals surface area contributed by atoms with Crippen LogP contribution in [-0.4, -0.2) is 22.0 Å². The van der Waals surface area contributed by atoms with Crippen LogP contribution in [0.25, 0.3) is 0 Å². The third-order valence-corrected chi connectivity index (χ3v) is 2.44. The lowest BCUT2D eigenvalue weighted by molar-refractivity contribution is 0.0449. The highest BCUT2D eigenvalue weighted by atomic mass is 16.5. The monoisotopic (exact) mass is 192 g/mol. The molecule has 0 spiro atoms. The molecule has 1 aliphatic carbocycles. The summed E-state index contributed by atoms with van der Waals surface area (Å²) in [4.78, 5) is 19.0. The van der Waals surface area contributed by atoms with E-state index in [0.717, 1.165) is 12.8 Å². The molecule has 2 unspecified atom stereocenters. The van der Waals surface area contributed by atoms with Gasteiger partial charge in [0.05, 0.1) is 5.56 Å². The summed E-state index contributed by atoms with van der Waals surface area (Å²) in [6.45, 7) is 2.10. The molecular weight excluding hydrogens is 180 g/mol. The summed E-state index contributed by atoms with van der Waals surface area (Å²) in [6.07, 6.45) is 6.52. The zero-order valence-electron chi connectivity index (χ0n) is 8.01. The van der Waals surface area contributed by atoms with Gasteiger partial charge in [0.15, 0.2) is 0 Å². The van der Waals surface area contributed by atoms with Gasteiger partial charge >= 0.3 is 5.97 Å². The van der Waals surface area contributed by atoms with Crippen molar-refractivity contribution in [2.45, 2.75) is 25.9 Å². The Morgan fingerprint density at radius 2 is 2.29 bits per heavy atom. The highest BCUT2D eigenvalue weighted by Crippen LogP contribution is 2.36. The van der Waals surface area contributed by atoms with Gasteiger partial charge in [-0.25, -0.2) is 14.8 Å². The van der Waals surface area contributed by atoms with Crippen LogP contribution < -0.4 is 0 Å². The molecule has 0 bridgehead atoms. The molecule has 1 aliphatic rings. The molecule has 74 valence electrons. The van der Waals surface area contributed by atoms with Crippen molar-refractivity contribution in [3.63, 3.8) is 0 Å². The number of hydrogen-bond donors (Lipinski definition) is 0. The molecular formula is C10H12N2O2. The molecule has 0 radical (unpaired) electrons. The van der Waals surface area contributed by atoms with Crippen LogP contribution in [0.5, 0.6) is 0 Å². The standard InChI is InChI=1S/C10H12N2O2/c1-2-7-3-9(7)14-10(13)8-4-11-6-12-5-8/h4-7,9H,2-3H2,1H3. The largest absolute Gasteiger partial charge is 0.458 e. The van der Waals surface area contributed by atoms with E-state index in [-0.39, 0.29) is 12.1 Å². The SMILES string of the molecule is CCC1CC1OC(=O)c1cncnc1. The third kappa shape index (κ3) is 1.89. The van der Waals surface area contributed by atoms with Crippen LogP contribution in [0.3, 0.4) is 0 Å². The van der Waals surface area contributed by atoms with E-state index in [4.69, 9.17) is 4.74 Å². The van der Waals surface area contributed by atoms with E-state index < -0.39 is 0 Å². The maximum atomic E-state index is 11.5. The van der Waals surface area contributed by atoms with Crippen LogP contribution in [0.4, 0.5) is 0 Å². The summed E-state index contributed by atoms with van der Waals surface area (Å²) in [5, 5.41) is 0. The quantitative estimate of drug-likeness (QED) is 0.680. The van der Waals surface area contributed by atoms with Crippen molar-refractivity contribution in [3.05, 3.63) is 24.3 Å². The van der Waals surface area contributed by atoms with Gasteiger partial charge in [0.1, 0.15) is 12.4 Å². The number of rotatable bonds is 3. The van der Waals surface area contributed by atoms with Crippen LogP contribution in [0.15, 0.2) is 18.7 Å². The van der Waals surface area contributed by atoms with Gasteiger partial charge < -0.3 is 4.74 Å². The molecule has 1 saturated carbocycles. The number of carbonyl (C=O) groups excluding carboxylic acids is 1. The molecule has 0 saturated heterocycles. The van der Waals surface area contributed by atoms with Crippen molar-refractivity contribution in [1.29, 1.82) is 0 Å². The first-order chi connectivity index (χ1) is 6.81. The van der Waals surface area contributed by atoms with E-state index in [1.807, 2.05) is 0 Å². The first-order valence-electron chi connectivity index (χ1n) is 4.77. The first kappa shape index (κ1) is 9.12. The first-order valence-corrected chi connectivity index (χ1v) is 4.77. The highest BCUT2D eigenvalue weighted by Gasteiger charge is 2.39. The smallest absolute Gasteiger partial charge is 0.341 e. The molecule has 2 atom stereocenters. The Morgan fingerprint density at radius 1 is 1.57 bits per heavy atom. The summed E-state index contributed by atoms with van der Waals surface area (Å²) < 4.78 is 5.23. The molecule has 1 aromatic rings. The molecule has 1 fully saturated rings. The zero-order valence-corrected chi connectivity index (χ0v) is 8.01. The molecule has 4 heteroatoms. The van der Waals surface area contributed by atoms with Crippen molar-refractivity contribution >= 4 is 5.97 Å². The van der Waals surface area contributed by atoms with Crippen LogP contribution in [0.1, 0.15) is 30.1 Å². The average Bonchev–Trinajstić information content (AvgIpc) is 2.98. The lowest BCUT2D eigenvalue weighted by Gasteiger charge is -2.02. The van der Waals surface area contributed by atoms with E-state index in [1.165, 1.54) is 18.7 Å². The van der Waals surface area contributed by atoms with Crippen LogP contribution in [0, 0.1) is 5.92 Å². The Kier molecular flexibility index (Phi) is 2.43. The minimum Gasteiger partial charge on any atom is -0.458 e. The van der Waals surface area contributed by atoms with Gasteiger partial charge in [-0.2, -0.15) is 0 Å². The fourth-order valence-electron chi connectivity index (χ4n) is 1.40. The highest BCUT2D eigenvalue weighted by molar-refractivity contribution is 5.88. The van der Waals surface area contributed by atoms with Crippen molar-refractivity contribution < 1.29 is 9.53 Å². The molecule has 0 amide bonds. The zero-order chi connectivity index (χ0) is 9.97. The van der Waals surface area contributed by atoms with Gasteiger partial charge in [0, 0.05) is 12.4 Å². The molecule has 0 N–H and O–H groups in total. The normalized spacial score (nSPS) is 24.4. The number of hydrogen-bond acceptors (Lipinski definition) is 4. The third-order valence-electron chi connectivity index (χ3n) is 2.44. The minimum absolute atomic E-state index is 0.118. The van der Waals surface area contributed by atoms with Gasteiger partial charge in [0.2, 0.25) is 0 Å². The molecule has 2 rings (SSSR count). The van der Waals surface area contributed by atoms with Crippen molar-refractivity contribution in [3.8, 4) is 0 Å². The number of ether oxygens (including phenoxy) is 1. The summed E-state index contributed by atoms with van der Waals surface area (Å²) in [7, 11) is 0. The van der Waals surface area contributed by atoms with E-state index in [0.29, 0.717) is 11.5 Å². The predicted molar refractivity (Wildman–Crippen MR) is 49.6 cm³/mol. The van der Waals surface area contributed by atoms with Crippen molar-refractivity contribution in [2.75, 3.05) is 0 Å². The molecule has 1 aromatic heterocycles. The Bertz CT molecular complexity index is 326. The fraction of sp³-hybridized carbons (Fsp3) is 0.500. The Balaban J connectivity index is 1.91. The molecule has 0 aliphatic heterocycles.